The third-order valence-electron chi connectivity index (χ3n) is 4.35. The van der Waals surface area contributed by atoms with Crippen molar-refractivity contribution < 1.29 is 5.11 Å². The molecule has 1 saturated heterocycles. The SMILES string of the molecule is CC1C(O)CC(c2ccccc2)NC1c1ccccc1. The van der Waals surface area contributed by atoms with E-state index in [2.05, 4.69) is 60.8 Å². The standard InChI is InChI=1S/C18H21NO/c1-13-17(20)12-16(14-8-4-2-5-9-14)19-18(13)15-10-6-3-7-11-15/h2-11,13,16-20H,12H2,1H3. The van der Waals surface area contributed by atoms with Gasteiger partial charge >= 0.3 is 0 Å². The van der Waals surface area contributed by atoms with E-state index in [0.717, 1.165) is 6.42 Å². The van der Waals surface area contributed by atoms with E-state index in [9.17, 15) is 5.11 Å². The van der Waals surface area contributed by atoms with Crippen LogP contribution in [0.4, 0.5) is 0 Å². The summed E-state index contributed by atoms with van der Waals surface area (Å²) in [6.45, 7) is 2.12. The zero-order valence-electron chi connectivity index (χ0n) is 11.7. The number of aliphatic hydroxyl groups is 1. The highest BCUT2D eigenvalue weighted by Gasteiger charge is 2.34. The van der Waals surface area contributed by atoms with Gasteiger partial charge in [0.25, 0.3) is 0 Å². The summed E-state index contributed by atoms with van der Waals surface area (Å²) < 4.78 is 0. The van der Waals surface area contributed by atoms with Gasteiger partial charge in [-0.3, -0.25) is 0 Å². The summed E-state index contributed by atoms with van der Waals surface area (Å²) in [5.74, 6) is 0.220. The third kappa shape index (κ3) is 2.62. The van der Waals surface area contributed by atoms with Crippen molar-refractivity contribution in [2.45, 2.75) is 31.5 Å². The predicted octanol–water partition coefficient (Wildman–Crippen LogP) is 3.46. The van der Waals surface area contributed by atoms with E-state index >= 15 is 0 Å². The van der Waals surface area contributed by atoms with E-state index in [1.807, 2.05) is 12.1 Å². The first kappa shape index (κ1) is 13.3. The van der Waals surface area contributed by atoms with Crippen LogP contribution in [0.3, 0.4) is 0 Å². The number of nitrogens with one attached hydrogen (secondary N) is 1. The van der Waals surface area contributed by atoms with Crippen LogP contribution in [0.25, 0.3) is 0 Å². The van der Waals surface area contributed by atoms with Crippen LogP contribution >= 0.6 is 0 Å². The van der Waals surface area contributed by atoms with Gasteiger partial charge in [0.05, 0.1) is 6.10 Å². The van der Waals surface area contributed by atoms with Crippen LogP contribution in [0.2, 0.25) is 0 Å². The van der Waals surface area contributed by atoms with Gasteiger partial charge in [-0.05, 0) is 17.5 Å². The van der Waals surface area contributed by atoms with Crippen LogP contribution in [-0.4, -0.2) is 11.2 Å². The molecule has 2 N–H and O–H groups in total. The Labute approximate surface area is 120 Å². The molecule has 20 heavy (non-hydrogen) atoms. The molecule has 4 atom stereocenters. The Kier molecular flexibility index (Phi) is 3.86. The van der Waals surface area contributed by atoms with Gasteiger partial charge in [-0.15, -0.1) is 0 Å². The summed E-state index contributed by atoms with van der Waals surface area (Å²) in [4.78, 5) is 0. The lowest BCUT2D eigenvalue weighted by molar-refractivity contribution is 0.0402. The summed E-state index contributed by atoms with van der Waals surface area (Å²) in [5.41, 5.74) is 2.50. The third-order valence-corrected chi connectivity index (χ3v) is 4.35. The molecule has 1 heterocycles. The molecule has 4 unspecified atom stereocenters. The molecule has 104 valence electrons. The molecule has 2 aromatic carbocycles. The van der Waals surface area contributed by atoms with E-state index in [4.69, 9.17) is 0 Å². The van der Waals surface area contributed by atoms with E-state index in [-0.39, 0.29) is 24.1 Å². The van der Waals surface area contributed by atoms with Gasteiger partial charge in [-0.1, -0.05) is 67.6 Å². The fraction of sp³-hybridized carbons (Fsp3) is 0.333. The highest BCUT2D eigenvalue weighted by Crippen LogP contribution is 2.36. The molecule has 3 rings (SSSR count). The van der Waals surface area contributed by atoms with Crippen molar-refractivity contribution in [3.63, 3.8) is 0 Å². The van der Waals surface area contributed by atoms with Crippen molar-refractivity contribution in [1.29, 1.82) is 0 Å². The first-order valence-electron chi connectivity index (χ1n) is 7.29. The number of hydrogen-bond donors (Lipinski definition) is 2. The zero-order chi connectivity index (χ0) is 13.9. The van der Waals surface area contributed by atoms with Crippen molar-refractivity contribution in [1.82, 2.24) is 5.32 Å². The average Bonchev–Trinajstić information content (AvgIpc) is 2.51. The Morgan fingerprint density at radius 3 is 2.05 bits per heavy atom. The summed E-state index contributed by atoms with van der Waals surface area (Å²) in [7, 11) is 0. The molecule has 2 nitrogen and oxygen atoms in total. The molecule has 0 amide bonds. The van der Waals surface area contributed by atoms with Crippen molar-refractivity contribution in [2.75, 3.05) is 0 Å². The molecular weight excluding hydrogens is 246 g/mol. The maximum atomic E-state index is 10.4. The lowest BCUT2D eigenvalue weighted by Gasteiger charge is -2.39. The normalized spacial score (nSPS) is 30.1. The van der Waals surface area contributed by atoms with Gasteiger partial charge in [0.2, 0.25) is 0 Å². The number of aliphatic hydroxyl groups excluding tert-OH is 1. The van der Waals surface area contributed by atoms with Crippen LogP contribution in [-0.2, 0) is 0 Å². The number of hydrogen-bond acceptors (Lipinski definition) is 2. The van der Waals surface area contributed by atoms with Crippen molar-refractivity contribution in [2.24, 2.45) is 5.92 Å². The molecule has 1 aliphatic heterocycles. The molecule has 1 fully saturated rings. The smallest absolute Gasteiger partial charge is 0.0602 e. The summed E-state index contributed by atoms with van der Waals surface area (Å²) >= 11 is 0. The monoisotopic (exact) mass is 267 g/mol. The molecule has 0 aromatic heterocycles. The molecule has 2 heteroatoms. The molecule has 0 bridgehead atoms. The highest BCUT2D eigenvalue weighted by atomic mass is 16.3. The fourth-order valence-corrected chi connectivity index (χ4v) is 3.09. The maximum Gasteiger partial charge on any atom is 0.0602 e. The van der Waals surface area contributed by atoms with Gasteiger partial charge in [-0.25, -0.2) is 0 Å². The quantitative estimate of drug-likeness (QED) is 0.873. The first-order valence-corrected chi connectivity index (χ1v) is 7.29. The van der Waals surface area contributed by atoms with Crippen molar-refractivity contribution in [3.8, 4) is 0 Å². The van der Waals surface area contributed by atoms with E-state index in [0.29, 0.717) is 0 Å². The number of rotatable bonds is 2. The topological polar surface area (TPSA) is 32.3 Å². The summed E-state index contributed by atoms with van der Waals surface area (Å²) in [6, 6.07) is 21.2. The summed E-state index contributed by atoms with van der Waals surface area (Å²) in [5, 5.41) is 14.1. The Balaban J connectivity index is 1.87. The minimum Gasteiger partial charge on any atom is -0.393 e. The lowest BCUT2D eigenvalue weighted by Crippen LogP contribution is -2.43. The maximum absolute atomic E-state index is 10.4. The minimum absolute atomic E-state index is 0.199. The van der Waals surface area contributed by atoms with Crippen molar-refractivity contribution >= 4 is 0 Å². The van der Waals surface area contributed by atoms with Crippen LogP contribution in [0.5, 0.6) is 0 Å². The molecule has 1 aliphatic rings. The molecule has 0 spiro atoms. The van der Waals surface area contributed by atoms with Gasteiger partial charge < -0.3 is 10.4 Å². The van der Waals surface area contributed by atoms with Gasteiger partial charge in [0.1, 0.15) is 0 Å². The molecule has 2 aromatic rings. The molecule has 0 radical (unpaired) electrons. The Morgan fingerprint density at radius 2 is 1.45 bits per heavy atom. The van der Waals surface area contributed by atoms with Crippen LogP contribution in [0.1, 0.15) is 36.6 Å². The molecule has 0 aliphatic carbocycles. The minimum atomic E-state index is -0.272. The van der Waals surface area contributed by atoms with Crippen LogP contribution < -0.4 is 5.32 Å². The second-order valence-corrected chi connectivity index (χ2v) is 5.68. The largest absolute Gasteiger partial charge is 0.393 e. The van der Waals surface area contributed by atoms with E-state index in [1.165, 1.54) is 11.1 Å². The second-order valence-electron chi connectivity index (χ2n) is 5.68. The molecule has 0 saturated carbocycles. The average molecular weight is 267 g/mol. The Hall–Kier alpha value is -1.64. The molecular formula is C18H21NO. The van der Waals surface area contributed by atoms with Gasteiger partial charge in [-0.2, -0.15) is 0 Å². The fourth-order valence-electron chi connectivity index (χ4n) is 3.09. The summed E-state index contributed by atoms with van der Waals surface area (Å²) in [6.07, 6.45) is 0.501. The number of piperidine rings is 1. The number of benzene rings is 2. The van der Waals surface area contributed by atoms with E-state index < -0.39 is 0 Å². The van der Waals surface area contributed by atoms with Gasteiger partial charge in [0, 0.05) is 18.0 Å². The highest BCUT2D eigenvalue weighted by molar-refractivity contribution is 5.25. The zero-order valence-corrected chi connectivity index (χ0v) is 11.7. The van der Waals surface area contributed by atoms with Crippen molar-refractivity contribution in [3.05, 3.63) is 71.8 Å². The van der Waals surface area contributed by atoms with Crippen LogP contribution in [0, 0.1) is 5.92 Å². The first-order chi connectivity index (χ1) is 9.75. The Morgan fingerprint density at radius 1 is 0.900 bits per heavy atom. The van der Waals surface area contributed by atoms with Crippen LogP contribution in [0.15, 0.2) is 60.7 Å². The van der Waals surface area contributed by atoms with E-state index in [1.54, 1.807) is 0 Å². The predicted molar refractivity (Wildman–Crippen MR) is 81.3 cm³/mol. The Bertz CT molecular complexity index is 540. The van der Waals surface area contributed by atoms with Gasteiger partial charge in [0.15, 0.2) is 0 Å². The second kappa shape index (κ2) is 5.78. The lowest BCUT2D eigenvalue weighted by atomic mass is 9.81.